The third-order valence-electron chi connectivity index (χ3n) is 3.47. The van der Waals surface area contributed by atoms with Gasteiger partial charge in [0.25, 0.3) is 10.0 Å². The Kier molecular flexibility index (Phi) is 4.56. The van der Waals surface area contributed by atoms with Crippen LogP contribution in [0.3, 0.4) is 0 Å². The lowest BCUT2D eigenvalue weighted by Crippen LogP contribution is -2.12. The van der Waals surface area contributed by atoms with Crippen molar-refractivity contribution in [3.63, 3.8) is 0 Å². The van der Waals surface area contributed by atoms with Crippen LogP contribution in [0.25, 0.3) is 11.1 Å². The molecule has 128 valence electrons. The summed E-state index contributed by atoms with van der Waals surface area (Å²) in [6.07, 6.45) is 0. The molecule has 1 aromatic heterocycles. The Morgan fingerprint density at radius 2 is 1.60 bits per heavy atom. The van der Waals surface area contributed by atoms with Crippen LogP contribution in [0.2, 0.25) is 0 Å². The summed E-state index contributed by atoms with van der Waals surface area (Å²) in [5.74, 6) is -0.989. The van der Waals surface area contributed by atoms with Crippen LogP contribution in [-0.4, -0.2) is 24.5 Å². The van der Waals surface area contributed by atoms with Crippen LogP contribution in [0.4, 0.5) is 5.13 Å². The molecule has 0 aliphatic rings. The number of hydrogen-bond donors (Lipinski definition) is 2. The van der Waals surface area contributed by atoms with Gasteiger partial charge in [-0.2, -0.15) is 0 Å². The number of hydrogen-bond acceptors (Lipinski definition) is 5. The van der Waals surface area contributed by atoms with Gasteiger partial charge in [0.05, 0.1) is 16.2 Å². The Bertz CT molecular complexity index is 1010. The van der Waals surface area contributed by atoms with E-state index < -0.39 is 16.0 Å². The zero-order chi connectivity index (χ0) is 18.0. The molecule has 3 rings (SSSR count). The van der Waals surface area contributed by atoms with E-state index in [9.17, 15) is 13.2 Å². The molecule has 0 radical (unpaired) electrons. The van der Waals surface area contributed by atoms with Gasteiger partial charge in [0, 0.05) is 5.38 Å². The van der Waals surface area contributed by atoms with Crippen molar-refractivity contribution in [2.24, 2.45) is 0 Å². The maximum absolute atomic E-state index is 12.4. The lowest BCUT2D eigenvalue weighted by Gasteiger charge is -2.07. The van der Waals surface area contributed by atoms with Gasteiger partial charge in [-0.1, -0.05) is 24.3 Å². The number of aryl methyl sites for hydroxylation is 1. The van der Waals surface area contributed by atoms with E-state index in [1.807, 2.05) is 0 Å². The maximum atomic E-state index is 12.4. The highest BCUT2D eigenvalue weighted by Gasteiger charge is 2.16. The molecule has 3 aromatic rings. The summed E-state index contributed by atoms with van der Waals surface area (Å²) in [5.41, 5.74) is 2.55. The number of sulfonamides is 1. The van der Waals surface area contributed by atoms with E-state index in [0.29, 0.717) is 5.13 Å². The number of carboxylic acid groups (broad SMARTS) is 1. The van der Waals surface area contributed by atoms with Gasteiger partial charge in [0.2, 0.25) is 0 Å². The van der Waals surface area contributed by atoms with E-state index in [-0.39, 0.29) is 10.5 Å². The maximum Gasteiger partial charge on any atom is 0.335 e. The summed E-state index contributed by atoms with van der Waals surface area (Å²) in [6, 6.07) is 12.7. The first kappa shape index (κ1) is 17.1. The van der Waals surface area contributed by atoms with Gasteiger partial charge in [-0.25, -0.2) is 18.2 Å². The zero-order valence-electron chi connectivity index (χ0n) is 13.1. The first-order chi connectivity index (χ1) is 11.8. The summed E-state index contributed by atoms with van der Waals surface area (Å²) in [5, 5.41) is 11.0. The third-order valence-corrected chi connectivity index (χ3v) is 5.83. The number of aromatic nitrogens is 1. The molecule has 0 bridgehead atoms. The van der Waals surface area contributed by atoms with Gasteiger partial charge in [-0.05, 0) is 42.3 Å². The van der Waals surface area contributed by atoms with Crippen molar-refractivity contribution in [2.75, 3.05) is 4.72 Å². The summed E-state index contributed by atoms with van der Waals surface area (Å²) >= 11 is 1.23. The van der Waals surface area contributed by atoms with Crippen molar-refractivity contribution < 1.29 is 18.3 Å². The predicted molar refractivity (Wildman–Crippen MR) is 96.5 cm³/mol. The first-order valence-corrected chi connectivity index (χ1v) is 9.60. The lowest BCUT2D eigenvalue weighted by atomic mass is 10.0. The molecule has 0 amide bonds. The van der Waals surface area contributed by atoms with Gasteiger partial charge < -0.3 is 5.11 Å². The Hall–Kier alpha value is -2.71. The minimum atomic E-state index is -3.70. The molecule has 8 heteroatoms. The van der Waals surface area contributed by atoms with E-state index in [1.165, 1.54) is 35.6 Å². The van der Waals surface area contributed by atoms with E-state index >= 15 is 0 Å². The van der Waals surface area contributed by atoms with E-state index in [0.717, 1.165) is 16.8 Å². The smallest absolute Gasteiger partial charge is 0.335 e. The van der Waals surface area contributed by atoms with Gasteiger partial charge in [0.1, 0.15) is 0 Å². The van der Waals surface area contributed by atoms with Crippen LogP contribution in [0.1, 0.15) is 16.1 Å². The zero-order valence-corrected chi connectivity index (χ0v) is 14.8. The van der Waals surface area contributed by atoms with Crippen molar-refractivity contribution in [3.05, 3.63) is 65.2 Å². The molecular formula is C17H14N2O4S2. The summed E-state index contributed by atoms with van der Waals surface area (Å²) in [6.45, 7) is 1.79. The second kappa shape index (κ2) is 6.66. The largest absolute Gasteiger partial charge is 0.478 e. The minimum Gasteiger partial charge on any atom is -0.478 e. The third kappa shape index (κ3) is 3.86. The van der Waals surface area contributed by atoms with Gasteiger partial charge >= 0.3 is 5.97 Å². The molecule has 0 spiro atoms. The standard InChI is InChI=1S/C17H14N2O4S2/c1-11-10-24-17(18-11)19-25(22,23)15-8-6-13(7-9-15)12-2-4-14(5-3-12)16(20)21/h2-10H,1H3,(H,18,19)(H,20,21). The minimum absolute atomic E-state index is 0.131. The molecule has 0 aliphatic heterocycles. The van der Waals surface area contributed by atoms with E-state index in [2.05, 4.69) is 9.71 Å². The summed E-state index contributed by atoms with van der Waals surface area (Å²) < 4.78 is 27.2. The lowest BCUT2D eigenvalue weighted by molar-refractivity contribution is 0.0697. The van der Waals surface area contributed by atoms with Crippen molar-refractivity contribution >= 4 is 32.5 Å². The molecule has 2 aromatic carbocycles. The van der Waals surface area contributed by atoms with Crippen LogP contribution in [0.5, 0.6) is 0 Å². The number of rotatable bonds is 5. The molecule has 0 aliphatic carbocycles. The summed E-state index contributed by atoms with van der Waals surface area (Å²) in [7, 11) is -3.70. The Balaban J connectivity index is 1.82. The highest BCUT2D eigenvalue weighted by molar-refractivity contribution is 7.93. The molecule has 6 nitrogen and oxygen atoms in total. The molecule has 0 unspecified atom stereocenters. The molecule has 0 fully saturated rings. The Morgan fingerprint density at radius 1 is 1.04 bits per heavy atom. The Morgan fingerprint density at radius 3 is 2.08 bits per heavy atom. The van der Waals surface area contributed by atoms with Crippen LogP contribution in [0, 0.1) is 6.92 Å². The topological polar surface area (TPSA) is 96.4 Å². The number of nitrogens with zero attached hydrogens (tertiary/aromatic N) is 1. The van der Waals surface area contributed by atoms with Gasteiger partial charge in [0.15, 0.2) is 5.13 Å². The molecule has 1 heterocycles. The van der Waals surface area contributed by atoms with Crippen molar-refractivity contribution in [2.45, 2.75) is 11.8 Å². The van der Waals surface area contributed by atoms with Gasteiger partial charge in [-0.15, -0.1) is 11.3 Å². The first-order valence-electron chi connectivity index (χ1n) is 7.24. The number of carbonyl (C=O) groups is 1. The monoisotopic (exact) mass is 374 g/mol. The fourth-order valence-corrected chi connectivity index (χ4v) is 4.15. The second-order valence-electron chi connectivity index (χ2n) is 5.31. The van der Waals surface area contributed by atoms with Crippen molar-refractivity contribution in [1.29, 1.82) is 0 Å². The van der Waals surface area contributed by atoms with Crippen molar-refractivity contribution in [3.8, 4) is 11.1 Å². The number of nitrogens with one attached hydrogen (secondary N) is 1. The number of anilines is 1. The molecule has 0 atom stereocenters. The highest BCUT2D eigenvalue weighted by atomic mass is 32.2. The molecule has 25 heavy (non-hydrogen) atoms. The van der Waals surface area contributed by atoms with Crippen molar-refractivity contribution in [1.82, 2.24) is 4.98 Å². The van der Waals surface area contributed by atoms with E-state index in [4.69, 9.17) is 5.11 Å². The number of thiazole rings is 1. The van der Waals surface area contributed by atoms with Crippen LogP contribution >= 0.6 is 11.3 Å². The molecular weight excluding hydrogens is 360 g/mol. The summed E-state index contributed by atoms with van der Waals surface area (Å²) in [4.78, 5) is 15.1. The number of benzene rings is 2. The second-order valence-corrected chi connectivity index (χ2v) is 7.85. The van der Waals surface area contributed by atoms with E-state index in [1.54, 1.807) is 36.6 Å². The van der Waals surface area contributed by atoms with Crippen LogP contribution < -0.4 is 4.72 Å². The fraction of sp³-hybridized carbons (Fsp3) is 0.0588. The Labute approximate surface area is 148 Å². The van der Waals surface area contributed by atoms with Crippen LogP contribution in [0.15, 0.2) is 58.8 Å². The quantitative estimate of drug-likeness (QED) is 0.711. The molecule has 2 N–H and O–H groups in total. The van der Waals surface area contributed by atoms with Crippen LogP contribution in [-0.2, 0) is 10.0 Å². The van der Waals surface area contributed by atoms with Gasteiger partial charge in [-0.3, -0.25) is 4.72 Å². The average Bonchev–Trinajstić information content (AvgIpc) is 2.99. The molecule has 0 saturated heterocycles. The number of aromatic carboxylic acids is 1. The average molecular weight is 374 g/mol. The number of carboxylic acids is 1. The normalized spacial score (nSPS) is 11.2. The SMILES string of the molecule is Cc1csc(NS(=O)(=O)c2ccc(-c3ccc(C(=O)O)cc3)cc2)n1. The highest BCUT2D eigenvalue weighted by Crippen LogP contribution is 2.24. The molecule has 0 saturated carbocycles. The predicted octanol–water partition coefficient (Wildman–Crippen LogP) is 3.62. The fourth-order valence-electron chi connectivity index (χ4n) is 2.21.